The zero-order valence-electron chi connectivity index (χ0n) is 11.4. The zero-order valence-corrected chi connectivity index (χ0v) is 11.4. The highest BCUT2D eigenvalue weighted by Crippen LogP contribution is 2.29. The summed E-state index contributed by atoms with van der Waals surface area (Å²) >= 11 is 0. The van der Waals surface area contributed by atoms with Crippen LogP contribution in [0.25, 0.3) is 0 Å². The fourth-order valence-corrected chi connectivity index (χ4v) is 2.30. The van der Waals surface area contributed by atoms with E-state index < -0.39 is 4.92 Å². The highest BCUT2D eigenvalue weighted by molar-refractivity contribution is 5.59. The number of aliphatic hydroxyl groups is 1. The first-order valence-corrected chi connectivity index (χ1v) is 6.76. The first-order chi connectivity index (χ1) is 9.65. The number of nitro groups is 1. The van der Waals surface area contributed by atoms with Crippen molar-refractivity contribution in [2.45, 2.75) is 19.8 Å². The average molecular weight is 281 g/mol. The number of rotatable bonds is 5. The number of aromatic nitrogens is 2. The van der Waals surface area contributed by atoms with E-state index in [1.54, 1.807) is 0 Å². The van der Waals surface area contributed by atoms with E-state index in [0.29, 0.717) is 31.4 Å². The first kappa shape index (κ1) is 14.4. The van der Waals surface area contributed by atoms with Gasteiger partial charge in [0.25, 0.3) is 0 Å². The van der Waals surface area contributed by atoms with Crippen LogP contribution in [0.1, 0.15) is 19.8 Å². The Morgan fingerprint density at radius 3 is 2.80 bits per heavy atom. The van der Waals surface area contributed by atoms with Crippen molar-refractivity contribution in [3.63, 3.8) is 0 Å². The second-order valence-corrected chi connectivity index (χ2v) is 4.80. The minimum Gasteiger partial charge on any atom is -0.396 e. The Kier molecular flexibility index (Phi) is 4.67. The molecule has 2 heterocycles. The van der Waals surface area contributed by atoms with Gasteiger partial charge in [0.15, 0.2) is 0 Å². The van der Waals surface area contributed by atoms with E-state index in [0.717, 1.165) is 12.8 Å². The Bertz CT molecular complexity index is 474. The van der Waals surface area contributed by atoms with E-state index in [1.807, 2.05) is 11.8 Å². The summed E-state index contributed by atoms with van der Waals surface area (Å²) in [7, 11) is 0. The van der Waals surface area contributed by atoms with Gasteiger partial charge in [0.2, 0.25) is 11.8 Å². The molecule has 0 saturated carbocycles. The van der Waals surface area contributed by atoms with Crippen molar-refractivity contribution in [2.24, 2.45) is 5.92 Å². The first-order valence-electron chi connectivity index (χ1n) is 6.76. The number of anilines is 2. The topological polar surface area (TPSA) is 104 Å². The summed E-state index contributed by atoms with van der Waals surface area (Å²) in [5.74, 6) is 1.04. The molecule has 8 heteroatoms. The molecule has 0 aromatic carbocycles. The molecule has 1 aliphatic rings. The van der Waals surface area contributed by atoms with Gasteiger partial charge in [-0.2, -0.15) is 4.98 Å². The van der Waals surface area contributed by atoms with E-state index in [4.69, 9.17) is 5.11 Å². The highest BCUT2D eigenvalue weighted by atomic mass is 16.6. The fourth-order valence-electron chi connectivity index (χ4n) is 2.30. The van der Waals surface area contributed by atoms with Crippen LogP contribution in [0.3, 0.4) is 0 Å². The van der Waals surface area contributed by atoms with E-state index >= 15 is 0 Å². The van der Waals surface area contributed by atoms with Crippen LogP contribution in [-0.4, -0.2) is 46.2 Å². The molecule has 0 aliphatic carbocycles. The summed E-state index contributed by atoms with van der Waals surface area (Å²) < 4.78 is 0. The summed E-state index contributed by atoms with van der Waals surface area (Å²) in [6.07, 6.45) is 2.88. The molecular formula is C12H19N5O3. The van der Waals surface area contributed by atoms with Gasteiger partial charge in [-0.15, -0.1) is 0 Å². The molecule has 0 spiro atoms. The third kappa shape index (κ3) is 3.13. The molecule has 2 rings (SSSR count). The Balaban J connectivity index is 2.23. The van der Waals surface area contributed by atoms with Crippen LogP contribution in [0.5, 0.6) is 0 Å². The van der Waals surface area contributed by atoms with Crippen molar-refractivity contribution in [3.8, 4) is 0 Å². The Morgan fingerprint density at radius 2 is 2.25 bits per heavy atom. The van der Waals surface area contributed by atoms with Crippen molar-refractivity contribution in [2.75, 3.05) is 36.5 Å². The van der Waals surface area contributed by atoms with Crippen LogP contribution in [0.4, 0.5) is 17.5 Å². The lowest BCUT2D eigenvalue weighted by Crippen LogP contribution is -2.35. The summed E-state index contributed by atoms with van der Waals surface area (Å²) in [4.78, 5) is 20.7. The van der Waals surface area contributed by atoms with Crippen molar-refractivity contribution in [3.05, 3.63) is 16.3 Å². The van der Waals surface area contributed by atoms with Crippen molar-refractivity contribution in [1.29, 1.82) is 0 Å². The molecule has 0 bridgehead atoms. The minimum atomic E-state index is -0.455. The molecule has 0 amide bonds. The van der Waals surface area contributed by atoms with Gasteiger partial charge in [-0.1, -0.05) is 0 Å². The Labute approximate surface area is 117 Å². The highest BCUT2D eigenvalue weighted by Gasteiger charge is 2.26. The van der Waals surface area contributed by atoms with Crippen LogP contribution in [0.2, 0.25) is 0 Å². The molecule has 0 unspecified atom stereocenters. The lowest BCUT2D eigenvalue weighted by molar-refractivity contribution is -0.384. The SMILES string of the molecule is CCNc1ncc([N+](=O)[O-])c(N2CCC(CO)CC2)n1. The smallest absolute Gasteiger partial charge is 0.329 e. The van der Waals surface area contributed by atoms with Crippen LogP contribution >= 0.6 is 0 Å². The molecule has 1 aromatic heterocycles. The quantitative estimate of drug-likeness (QED) is 0.613. The van der Waals surface area contributed by atoms with Crippen LogP contribution in [0.15, 0.2) is 6.20 Å². The summed E-state index contributed by atoms with van der Waals surface area (Å²) in [6.45, 7) is 4.06. The third-order valence-corrected chi connectivity index (χ3v) is 3.45. The zero-order chi connectivity index (χ0) is 14.5. The van der Waals surface area contributed by atoms with Gasteiger partial charge in [0.1, 0.15) is 6.20 Å². The maximum absolute atomic E-state index is 11.1. The number of aliphatic hydroxyl groups excluding tert-OH is 1. The molecule has 1 fully saturated rings. The molecule has 0 atom stereocenters. The van der Waals surface area contributed by atoms with Gasteiger partial charge in [0.05, 0.1) is 4.92 Å². The molecule has 2 N–H and O–H groups in total. The van der Waals surface area contributed by atoms with Gasteiger partial charge >= 0.3 is 5.69 Å². The molecular weight excluding hydrogens is 262 g/mol. The molecule has 0 radical (unpaired) electrons. The molecule has 1 aromatic rings. The fraction of sp³-hybridized carbons (Fsp3) is 0.667. The van der Waals surface area contributed by atoms with Crippen LogP contribution in [-0.2, 0) is 0 Å². The van der Waals surface area contributed by atoms with E-state index in [9.17, 15) is 10.1 Å². The van der Waals surface area contributed by atoms with Crippen molar-refractivity contribution in [1.82, 2.24) is 9.97 Å². The van der Waals surface area contributed by atoms with Crippen LogP contribution in [0, 0.1) is 16.0 Å². The van der Waals surface area contributed by atoms with Gasteiger partial charge in [-0.05, 0) is 25.7 Å². The second kappa shape index (κ2) is 6.47. The number of nitrogens with one attached hydrogen (secondary N) is 1. The molecule has 8 nitrogen and oxygen atoms in total. The molecule has 20 heavy (non-hydrogen) atoms. The predicted molar refractivity (Wildman–Crippen MR) is 74.9 cm³/mol. The normalized spacial score (nSPS) is 16.2. The van der Waals surface area contributed by atoms with Crippen molar-refractivity contribution >= 4 is 17.5 Å². The van der Waals surface area contributed by atoms with Gasteiger partial charge in [0, 0.05) is 26.2 Å². The summed E-state index contributed by atoms with van der Waals surface area (Å²) in [5, 5.41) is 23.2. The molecule has 1 aliphatic heterocycles. The number of hydrogen-bond donors (Lipinski definition) is 2. The predicted octanol–water partition coefficient (Wildman–Crippen LogP) is 1.03. The van der Waals surface area contributed by atoms with E-state index in [1.165, 1.54) is 6.20 Å². The Morgan fingerprint density at radius 1 is 1.55 bits per heavy atom. The standard InChI is InChI=1S/C12H19N5O3/c1-2-13-12-14-7-10(17(19)20)11(15-12)16-5-3-9(8-18)4-6-16/h7,9,18H,2-6,8H2,1H3,(H,13,14,15). The molecule has 110 valence electrons. The summed E-state index contributed by atoms with van der Waals surface area (Å²) in [5.41, 5.74) is -0.0749. The van der Waals surface area contributed by atoms with Gasteiger partial charge in [-0.3, -0.25) is 10.1 Å². The maximum Gasteiger partial charge on any atom is 0.329 e. The van der Waals surface area contributed by atoms with Gasteiger partial charge in [-0.25, -0.2) is 4.98 Å². The lowest BCUT2D eigenvalue weighted by Gasteiger charge is -2.31. The summed E-state index contributed by atoms with van der Waals surface area (Å²) in [6, 6.07) is 0. The van der Waals surface area contributed by atoms with E-state index in [-0.39, 0.29) is 18.2 Å². The Hall–Kier alpha value is -1.96. The number of piperidine rings is 1. The average Bonchev–Trinajstić information content (AvgIpc) is 2.47. The van der Waals surface area contributed by atoms with Gasteiger partial charge < -0.3 is 15.3 Å². The second-order valence-electron chi connectivity index (χ2n) is 4.80. The monoisotopic (exact) mass is 281 g/mol. The third-order valence-electron chi connectivity index (χ3n) is 3.45. The molecule has 1 saturated heterocycles. The number of hydrogen-bond acceptors (Lipinski definition) is 7. The minimum absolute atomic E-state index is 0.0749. The largest absolute Gasteiger partial charge is 0.396 e. The lowest BCUT2D eigenvalue weighted by atomic mass is 9.98. The number of nitrogens with zero attached hydrogens (tertiary/aromatic N) is 4. The maximum atomic E-state index is 11.1. The van der Waals surface area contributed by atoms with E-state index in [2.05, 4.69) is 15.3 Å². The van der Waals surface area contributed by atoms with Crippen molar-refractivity contribution < 1.29 is 10.0 Å². The van der Waals surface area contributed by atoms with Crippen LogP contribution < -0.4 is 10.2 Å².